The molecule has 4 amide bonds. The third-order valence-corrected chi connectivity index (χ3v) is 4.68. The lowest BCUT2D eigenvalue weighted by molar-refractivity contribution is -0.134. The topological polar surface area (TPSA) is 97.0 Å². The van der Waals surface area contributed by atoms with Crippen LogP contribution < -0.4 is 20.1 Å². The quantitative estimate of drug-likeness (QED) is 0.758. The molecule has 25 heavy (non-hydrogen) atoms. The zero-order valence-corrected chi connectivity index (χ0v) is 14.4. The Hall–Kier alpha value is -2.77. The van der Waals surface area contributed by atoms with Crippen LogP contribution in [0.5, 0.6) is 11.5 Å². The van der Waals surface area contributed by atoms with Gasteiger partial charge in [0.05, 0.1) is 19.9 Å². The van der Waals surface area contributed by atoms with Crippen LogP contribution >= 0.6 is 0 Å². The van der Waals surface area contributed by atoms with Crippen LogP contribution in [-0.2, 0) is 9.59 Å². The first kappa shape index (κ1) is 17.1. The summed E-state index contributed by atoms with van der Waals surface area (Å²) in [6.07, 6.45) is 1.82. The standard InChI is InChI=1S/C17H21N3O5/c1-17(10-4-5-10)15(22)20(16(23)19-17)9-14(21)18-12-7-6-11(24-2)8-13(12)25-3/h6-8,10H,4-5,9H2,1-3H3,(H,18,21)(H,19,23)/t17-/m1/s1. The number of rotatable bonds is 6. The van der Waals surface area contributed by atoms with Gasteiger partial charge in [-0.1, -0.05) is 0 Å². The van der Waals surface area contributed by atoms with Gasteiger partial charge < -0.3 is 20.1 Å². The first-order chi connectivity index (χ1) is 11.9. The molecule has 0 spiro atoms. The second-order valence-electron chi connectivity index (χ2n) is 6.41. The first-order valence-electron chi connectivity index (χ1n) is 8.05. The van der Waals surface area contributed by atoms with Gasteiger partial charge in [-0.3, -0.25) is 14.5 Å². The number of carbonyl (C=O) groups excluding carboxylic acids is 3. The van der Waals surface area contributed by atoms with Crippen LogP contribution in [0.1, 0.15) is 19.8 Å². The maximum absolute atomic E-state index is 12.5. The highest BCUT2D eigenvalue weighted by Gasteiger charge is 2.56. The van der Waals surface area contributed by atoms with E-state index in [2.05, 4.69) is 10.6 Å². The number of hydrogen-bond acceptors (Lipinski definition) is 5. The number of anilines is 1. The van der Waals surface area contributed by atoms with Crippen molar-refractivity contribution in [2.24, 2.45) is 5.92 Å². The van der Waals surface area contributed by atoms with E-state index in [0.717, 1.165) is 17.7 Å². The van der Waals surface area contributed by atoms with Gasteiger partial charge >= 0.3 is 6.03 Å². The molecule has 0 bridgehead atoms. The number of ether oxygens (including phenoxy) is 2. The van der Waals surface area contributed by atoms with Crippen molar-refractivity contribution >= 4 is 23.5 Å². The molecule has 2 aliphatic rings. The summed E-state index contributed by atoms with van der Waals surface area (Å²) < 4.78 is 10.3. The van der Waals surface area contributed by atoms with Crippen molar-refractivity contribution in [2.75, 3.05) is 26.1 Å². The smallest absolute Gasteiger partial charge is 0.325 e. The Balaban J connectivity index is 1.69. The number of hydrogen-bond donors (Lipinski definition) is 2. The van der Waals surface area contributed by atoms with Crippen LogP contribution in [0.15, 0.2) is 18.2 Å². The van der Waals surface area contributed by atoms with Gasteiger partial charge in [-0.15, -0.1) is 0 Å². The highest BCUT2D eigenvalue weighted by molar-refractivity contribution is 6.10. The molecule has 2 N–H and O–H groups in total. The van der Waals surface area contributed by atoms with Gasteiger partial charge in [0, 0.05) is 6.07 Å². The van der Waals surface area contributed by atoms with E-state index in [1.807, 2.05) is 0 Å². The Bertz CT molecular complexity index is 731. The number of benzene rings is 1. The summed E-state index contributed by atoms with van der Waals surface area (Å²) in [7, 11) is 3.00. The molecule has 1 aromatic rings. The number of carbonyl (C=O) groups is 3. The normalized spacial score (nSPS) is 22.6. The lowest BCUT2D eigenvalue weighted by atomic mass is 9.96. The fourth-order valence-electron chi connectivity index (χ4n) is 3.03. The van der Waals surface area contributed by atoms with Crippen LogP contribution in [0, 0.1) is 5.92 Å². The highest BCUT2D eigenvalue weighted by atomic mass is 16.5. The lowest BCUT2D eigenvalue weighted by Gasteiger charge is -2.20. The fourth-order valence-corrected chi connectivity index (χ4v) is 3.03. The summed E-state index contributed by atoms with van der Waals surface area (Å²) in [5.41, 5.74) is -0.458. The summed E-state index contributed by atoms with van der Waals surface area (Å²) in [6, 6.07) is 4.41. The second-order valence-corrected chi connectivity index (χ2v) is 6.41. The van der Waals surface area contributed by atoms with Crippen molar-refractivity contribution < 1.29 is 23.9 Å². The Morgan fingerprint density at radius 2 is 2.04 bits per heavy atom. The Morgan fingerprint density at radius 1 is 1.32 bits per heavy atom. The number of methoxy groups -OCH3 is 2. The van der Waals surface area contributed by atoms with Gasteiger partial charge in [0.2, 0.25) is 5.91 Å². The van der Waals surface area contributed by atoms with Crippen LogP contribution in [0.25, 0.3) is 0 Å². The Kier molecular flexibility index (Phi) is 4.28. The first-order valence-corrected chi connectivity index (χ1v) is 8.05. The average molecular weight is 347 g/mol. The molecular weight excluding hydrogens is 326 g/mol. The Labute approximate surface area is 145 Å². The van der Waals surface area contributed by atoms with E-state index < -0.39 is 17.5 Å². The molecule has 1 saturated carbocycles. The van der Waals surface area contributed by atoms with Crippen LogP contribution in [-0.4, -0.2) is 49.0 Å². The zero-order valence-electron chi connectivity index (χ0n) is 14.4. The number of urea groups is 1. The molecule has 1 atom stereocenters. The van der Waals surface area contributed by atoms with E-state index in [9.17, 15) is 14.4 Å². The van der Waals surface area contributed by atoms with Gasteiger partial charge in [0.1, 0.15) is 23.6 Å². The van der Waals surface area contributed by atoms with Crippen molar-refractivity contribution in [1.82, 2.24) is 10.2 Å². The maximum atomic E-state index is 12.5. The minimum absolute atomic E-state index is 0.152. The molecule has 0 unspecified atom stereocenters. The van der Waals surface area contributed by atoms with E-state index in [1.165, 1.54) is 14.2 Å². The summed E-state index contributed by atoms with van der Waals surface area (Å²) in [6.45, 7) is 1.37. The molecule has 0 radical (unpaired) electrons. The number of nitrogens with one attached hydrogen (secondary N) is 2. The summed E-state index contributed by atoms with van der Waals surface area (Å²) in [5.74, 6) is 0.333. The number of amides is 4. The summed E-state index contributed by atoms with van der Waals surface area (Å²) in [4.78, 5) is 37.9. The summed E-state index contributed by atoms with van der Waals surface area (Å²) in [5, 5.41) is 5.37. The third kappa shape index (κ3) is 3.11. The largest absolute Gasteiger partial charge is 0.497 e. The molecule has 1 aliphatic heterocycles. The molecule has 1 aromatic carbocycles. The molecule has 1 saturated heterocycles. The van der Waals surface area contributed by atoms with E-state index in [0.29, 0.717) is 17.2 Å². The molecule has 2 fully saturated rings. The van der Waals surface area contributed by atoms with Crippen molar-refractivity contribution in [3.63, 3.8) is 0 Å². The highest BCUT2D eigenvalue weighted by Crippen LogP contribution is 2.42. The lowest BCUT2D eigenvalue weighted by Crippen LogP contribution is -2.46. The average Bonchev–Trinajstić information content (AvgIpc) is 3.41. The van der Waals surface area contributed by atoms with E-state index in [-0.39, 0.29) is 18.4 Å². The van der Waals surface area contributed by atoms with Gasteiger partial charge in [-0.2, -0.15) is 0 Å². The van der Waals surface area contributed by atoms with Crippen molar-refractivity contribution in [1.29, 1.82) is 0 Å². The van der Waals surface area contributed by atoms with Gasteiger partial charge in [-0.05, 0) is 37.8 Å². The van der Waals surface area contributed by atoms with Crippen molar-refractivity contribution in [3.05, 3.63) is 18.2 Å². The molecule has 134 valence electrons. The molecule has 3 rings (SSSR count). The monoisotopic (exact) mass is 347 g/mol. The van der Waals surface area contributed by atoms with E-state index in [4.69, 9.17) is 9.47 Å². The minimum Gasteiger partial charge on any atom is -0.497 e. The molecule has 1 heterocycles. The number of imide groups is 1. The SMILES string of the molecule is COc1ccc(NC(=O)CN2C(=O)N[C@](C)(C3CC3)C2=O)c(OC)c1. The second kappa shape index (κ2) is 6.27. The van der Waals surface area contributed by atoms with Gasteiger partial charge in [-0.25, -0.2) is 4.79 Å². The van der Waals surface area contributed by atoms with Crippen molar-refractivity contribution in [3.8, 4) is 11.5 Å². The molecule has 0 aromatic heterocycles. The predicted molar refractivity (Wildman–Crippen MR) is 89.5 cm³/mol. The van der Waals surface area contributed by atoms with Crippen molar-refractivity contribution in [2.45, 2.75) is 25.3 Å². The zero-order chi connectivity index (χ0) is 18.2. The fraction of sp³-hybridized carbons (Fsp3) is 0.471. The summed E-state index contributed by atoms with van der Waals surface area (Å²) >= 11 is 0. The van der Waals surface area contributed by atoms with Crippen LogP contribution in [0.3, 0.4) is 0 Å². The van der Waals surface area contributed by atoms with Crippen LogP contribution in [0.2, 0.25) is 0 Å². The predicted octanol–water partition coefficient (Wildman–Crippen LogP) is 1.36. The Morgan fingerprint density at radius 3 is 2.64 bits per heavy atom. The molecule has 8 nitrogen and oxygen atoms in total. The van der Waals surface area contributed by atoms with Gasteiger partial charge in [0.15, 0.2) is 0 Å². The minimum atomic E-state index is -0.894. The molecule has 8 heteroatoms. The molecule has 1 aliphatic carbocycles. The van der Waals surface area contributed by atoms with Gasteiger partial charge in [0.25, 0.3) is 5.91 Å². The van der Waals surface area contributed by atoms with Crippen LogP contribution in [0.4, 0.5) is 10.5 Å². The number of nitrogens with zero attached hydrogens (tertiary/aromatic N) is 1. The van der Waals surface area contributed by atoms with E-state index >= 15 is 0 Å². The third-order valence-electron chi connectivity index (χ3n) is 4.68. The molecular formula is C17H21N3O5. The maximum Gasteiger partial charge on any atom is 0.325 e. The van der Waals surface area contributed by atoms with E-state index in [1.54, 1.807) is 25.1 Å².